The number of ether oxygens (including phenoxy) is 1. The molecule has 6 heteroatoms. The molecule has 1 unspecified atom stereocenters. The lowest BCUT2D eigenvalue weighted by Crippen LogP contribution is -2.46. The Kier molecular flexibility index (Phi) is 5.05. The lowest BCUT2D eigenvalue weighted by atomic mass is 10.0. The lowest BCUT2D eigenvalue weighted by molar-refractivity contribution is -0.128. The topological polar surface area (TPSA) is 54.7 Å². The van der Waals surface area contributed by atoms with E-state index in [4.69, 9.17) is 9.15 Å². The van der Waals surface area contributed by atoms with Crippen molar-refractivity contribution in [3.63, 3.8) is 0 Å². The van der Waals surface area contributed by atoms with Crippen LogP contribution in [0.25, 0.3) is 0 Å². The first kappa shape index (κ1) is 15.7. The van der Waals surface area contributed by atoms with Crippen molar-refractivity contribution in [3.8, 4) is 0 Å². The average molecular weight is 318 g/mol. The number of amides is 1. The number of carbonyl (C=O) groups excluding carboxylic acids is 1. The van der Waals surface area contributed by atoms with Crippen LogP contribution in [-0.4, -0.2) is 37.1 Å². The van der Waals surface area contributed by atoms with Crippen LogP contribution in [0.3, 0.4) is 0 Å². The number of nitrogens with zero attached hydrogens (tertiary/aromatic N) is 1. The van der Waals surface area contributed by atoms with Gasteiger partial charge < -0.3 is 14.5 Å². The molecule has 1 aromatic heterocycles. The minimum absolute atomic E-state index is 0.224. The molecular weight excluding hydrogens is 299 g/mol. The van der Waals surface area contributed by atoms with Crippen LogP contribution in [0.15, 0.2) is 47.3 Å². The number of hydrogen-bond acceptors (Lipinski definition) is 4. The molecule has 1 atom stereocenters. The van der Waals surface area contributed by atoms with Gasteiger partial charge in [-0.2, -0.15) is 0 Å². The van der Waals surface area contributed by atoms with Crippen molar-refractivity contribution in [2.75, 3.05) is 26.3 Å². The summed E-state index contributed by atoms with van der Waals surface area (Å²) in [6.07, 6.45) is 3.13. The number of rotatable bonds is 5. The molecular formula is C17H19FN2O3. The van der Waals surface area contributed by atoms with Gasteiger partial charge in [-0.1, -0.05) is 18.2 Å². The summed E-state index contributed by atoms with van der Waals surface area (Å²) in [7, 11) is 0. The van der Waals surface area contributed by atoms with Crippen molar-refractivity contribution in [1.29, 1.82) is 0 Å². The molecule has 122 valence electrons. The summed E-state index contributed by atoms with van der Waals surface area (Å²) in [5, 5.41) is 2.86. The summed E-state index contributed by atoms with van der Waals surface area (Å²) in [6, 6.07) is 7.53. The Bertz CT molecular complexity index is 639. The van der Waals surface area contributed by atoms with E-state index < -0.39 is 6.04 Å². The molecule has 1 amide bonds. The molecule has 1 N–H and O–H groups in total. The van der Waals surface area contributed by atoms with Gasteiger partial charge in [0.15, 0.2) is 0 Å². The Morgan fingerprint density at radius 1 is 1.26 bits per heavy atom. The third-order valence-corrected chi connectivity index (χ3v) is 3.91. The van der Waals surface area contributed by atoms with Crippen molar-refractivity contribution in [2.24, 2.45) is 0 Å². The van der Waals surface area contributed by atoms with E-state index in [0.717, 1.165) is 5.56 Å². The predicted molar refractivity (Wildman–Crippen MR) is 82.1 cm³/mol. The van der Waals surface area contributed by atoms with Crippen molar-refractivity contribution in [1.82, 2.24) is 10.2 Å². The first-order valence-electron chi connectivity index (χ1n) is 7.61. The summed E-state index contributed by atoms with van der Waals surface area (Å²) >= 11 is 0. The van der Waals surface area contributed by atoms with Crippen LogP contribution in [0.2, 0.25) is 0 Å². The Hall–Kier alpha value is -2.18. The molecule has 0 spiro atoms. The van der Waals surface area contributed by atoms with Crippen molar-refractivity contribution < 1.29 is 18.3 Å². The van der Waals surface area contributed by atoms with Gasteiger partial charge in [0.1, 0.15) is 11.9 Å². The lowest BCUT2D eigenvalue weighted by Gasteiger charge is -2.33. The van der Waals surface area contributed by atoms with E-state index in [-0.39, 0.29) is 11.7 Å². The number of morpholine rings is 1. The van der Waals surface area contributed by atoms with Crippen molar-refractivity contribution in [2.45, 2.75) is 12.6 Å². The zero-order valence-electron chi connectivity index (χ0n) is 12.7. The zero-order valence-corrected chi connectivity index (χ0v) is 12.7. The highest BCUT2D eigenvalue weighted by atomic mass is 19.1. The molecule has 1 saturated heterocycles. The first-order chi connectivity index (χ1) is 11.3. The number of furan rings is 1. The maximum Gasteiger partial charge on any atom is 0.242 e. The fourth-order valence-electron chi connectivity index (χ4n) is 2.72. The Labute approximate surface area is 134 Å². The molecule has 0 aliphatic carbocycles. The summed E-state index contributed by atoms with van der Waals surface area (Å²) in [4.78, 5) is 14.7. The second-order valence-electron chi connectivity index (χ2n) is 5.42. The summed E-state index contributed by atoms with van der Waals surface area (Å²) in [6.45, 7) is 2.63. The predicted octanol–water partition coefficient (Wildman–Crippen LogP) is 2.11. The van der Waals surface area contributed by atoms with Gasteiger partial charge in [0.05, 0.1) is 25.7 Å². The number of hydrogen-bond donors (Lipinski definition) is 1. The van der Waals surface area contributed by atoms with E-state index >= 15 is 0 Å². The zero-order chi connectivity index (χ0) is 16.1. The summed E-state index contributed by atoms with van der Waals surface area (Å²) in [5.41, 5.74) is 1.26. The molecule has 2 heterocycles. The second-order valence-corrected chi connectivity index (χ2v) is 5.42. The van der Waals surface area contributed by atoms with Crippen LogP contribution in [0.5, 0.6) is 0 Å². The number of benzene rings is 1. The van der Waals surface area contributed by atoms with E-state index in [9.17, 15) is 9.18 Å². The molecule has 0 bridgehead atoms. The monoisotopic (exact) mass is 318 g/mol. The van der Waals surface area contributed by atoms with Gasteiger partial charge in [-0.05, 0) is 12.1 Å². The fourth-order valence-corrected chi connectivity index (χ4v) is 2.72. The van der Waals surface area contributed by atoms with Gasteiger partial charge in [-0.15, -0.1) is 0 Å². The summed E-state index contributed by atoms with van der Waals surface area (Å²) < 4.78 is 24.5. The van der Waals surface area contributed by atoms with Crippen LogP contribution in [0.4, 0.5) is 4.39 Å². The van der Waals surface area contributed by atoms with Crippen LogP contribution >= 0.6 is 0 Å². The van der Waals surface area contributed by atoms with Gasteiger partial charge in [-0.3, -0.25) is 9.69 Å². The van der Waals surface area contributed by atoms with Crippen LogP contribution in [-0.2, 0) is 16.1 Å². The molecule has 5 nitrogen and oxygen atoms in total. The molecule has 0 saturated carbocycles. The molecule has 23 heavy (non-hydrogen) atoms. The van der Waals surface area contributed by atoms with Crippen molar-refractivity contribution in [3.05, 3.63) is 59.8 Å². The van der Waals surface area contributed by atoms with E-state index in [1.165, 1.54) is 6.07 Å². The highest BCUT2D eigenvalue weighted by Crippen LogP contribution is 2.24. The molecule has 1 aliphatic rings. The first-order valence-corrected chi connectivity index (χ1v) is 7.61. The van der Waals surface area contributed by atoms with E-state index in [0.29, 0.717) is 38.4 Å². The quantitative estimate of drug-likeness (QED) is 0.917. The molecule has 0 radical (unpaired) electrons. The largest absolute Gasteiger partial charge is 0.472 e. The van der Waals surface area contributed by atoms with E-state index in [2.05, 4.69) is 5.32 Å². The normalized spacial score (nSPS) is 16.9. The number of nitrogens with one attached hydrogen (secondary N) is 1. The Morgan fingerprint density at radius 2 is 2.04 bits per heavy atom. The fraction of sp³-hybridized carbons (Fsp3) is 0.353. The standard InChI is InChI=1S/C17H19FN2O3/c18-15-4-2-1-3-14(15)16(20-6-9-22-10-7-20)17(21)19-11-13-5-8-23-12-13/h1-5,8,12,16H,6-7,9-11H2,(H,19,21). The molecule has 1 aromatic carbocycles. The maximum absolute atomic E-state index is 14.2. The van der Waals surface area contributed by atoms with E-state index in [1.807, 2.05) is 4.90 Å². The highest BCUT2D eigenvalue weighted by Gasteiger charge is 2.30. The molecule has 3 rings (SSSR count). The van der Waals surface area contributed by atoms with Gasteiger partial charge >= 0.3 is 0 Å². The van der Waals surface area contributed by atoms with E-state index in [1.54, 1.807) is 36.8 Å². The third kappa shape index (κ3) is 3.78. The SMILES string of the molecule is O=C(NCc1ccoc1)C(c1ccccc1F)N1CCOCC1. The number of halogens is 1. The Morgan fingerprint density at radius 3 is 2.74 bits per heavy atom. The van der Waals surface area contributed by atoms with Gasteiger partial charge in [0.25, 0.3) is 0 Å². The Balaban J connectivity index is 1.79. The highest BCUT2D eigenvalue weighted by molar-refractivity contribution is 5.83. The van der Waals surface area contributed by atoms with Gasteiger partial charge in [-0.25, -0.2) is 4.39 Å². The molecule has 2 aromatic rings. The average Bonchev–Trinajstić information content (AvgIpc) is 3.09. The van der Waals surface area contributed by atoms with Crippen LogP contribution in [0.1, 0.15) is 17.2 Å². The number of carbonyl (C=O) groups is 1. The summed E-state index contributed by atoms with van der Waals surface area (Å²) in [5.74, 6) is -0.597. The third-order valence-electron chi connectivity index (χ3n) is 3.91. The smallest absolute Gasteiger partial charge is 0.242 e. The van der Waals surface area contributed by atoms with Crippen molar-refractivity contribution >= 4 is 5.91 Å². The van der Waals surface area contributed by atoms with Gasteiger partial charge in [0, 0.05) is 30.8 Å². The maximum atomic E-state index is 14.2. The van der Waals surface area contributed by atoms with Gasteiger partial charge in [0.2, 0.25) is 5.91 Å². The van der Waals surface area contributed by atoms with Crippen LogP contribution in [0, 0.1) is 5.82 Å². The molecule has 1 aliphatic heterocycles. The van der Waals surface area contributed by atoms with Crippen LogP contribution < -0.4 is 5.32 Å². The second kappa shape index (κ2) is 7.39. The minimum Gasteiger partial charge on any atom is -0.472 e. The molecule has 1 fully saturated rings. The minimum atomic E-state index is -0.660.